The molecule has 9 heteroatoms. The minimum atomic E-state index is 0.306. The minimum absolute atomic E-state index is 0.306. The molecule has 0 atom stereocenters. The molecule has 0 aliphatic heterocycles. The van der Waals surface area contributed by atoms with Gasteiger partial charge < -0.3 is 18.9 Å². The molecule has 8 nitrogen and oxygen atoms in total. The Kier molecular flexibility index (Phi) is 6.33. The zero-order valence-corrected chi connectivity index (χ0v) is 20.9. The first kappa shape index (κ1) is 22.8. The first-order chi connectivity index (χ1) is 17.0. The number of rotatable bonds is 8. The van der Waals surface area contributed by atoms with Crippen LogP contribution in [0.3, 0.4) is 0 Å². The predicted octanol–water partition coefficient (Wildman–Crippen LogP) is 4.96. The van der Waals surface area contributed by atoms with E-state index in [1.165, 1.54) is 0 Å². The van der Waals surface area contributed by atoms with E-state index in [0.717, 1.165) is 44.5 Å². The Balaban J connectivity index is 1.50. The molecule has 0 unspecified atom stereocenters. The number of ether oxygens (including phenoxy) is 2. The first-order valence-electron chi connectivity index (χ1n) is 11.2. The Hall–Kier alpha value is -3.98. The molecule has 35 heavy (non-hydrogen) atoms. The number of aryl methyl sites for hydroxylation is 1. The summed E-state index contributed by atoms with van der Waals surface area (Å²) in [5.41, 5.74) is 5.07. The van der Waals surface area contributed by atoms with E-state index in [2.05, 4.69) is 43.1 Å². The molecule has 0 saturated heterocycles. The van der Waals surface area contributed by atoms with Crippen LogP contribution in [-0.4, -0.2) is 45.7 Å². The third-order valence-corrected chi connectivity index (χ3v) is 6.46. The van der Waals surface area contributed by atoms with Gasteiger partial charge in [0.2, 0.25) is 5.88 Å². The molecule has 178 valence electrons. The standard InChI is InChI=1S/C26H26N6O2S/c1-17-29-20(16-35-17)14-32-23-11-18(19-6-9-24(27-12-19)31(2)3)5-8-22(23)30-25(32)15-34-21-7-10-26(33-4)28-13-21/h5-13,16H,14-15H2,1-4H3. The number of imidazole rings is 1. The second kappa shape index (κ2) is 9.71. The number of methoxy groups -OCH3 is 1. The molecule has 0 fully saturated rings. The lowest BCUT2D eigenvalue weighted by molar-refractivity contribution is 0.288. The quantitative estimate of drug-likeness (QED) is 0.307. The van der Waals surface area contributed by atoms with Gasteiger partial charge in [-0.05, 0) is 42.8 Å². The number of hydrogen-bond acceptors (Lipinski definition) is 8. The third-order valence-electron chi connectivity index (χ3n) is 5.64. The number of pyridine rings is 2. The van der Waals surface area contributed by atoms with E-state index in [-0.39, 0.29) is 0 Å². The summed E-state index contributed by atoms with van der Waals surface area (Å²) in [6.45, 7) is 2.94. The Morgan fingerprint density at radius 1 is 0.971 bits per heavy atom. The van der Waals surface area contributed by atoms with Crippen molar-refractivity contribution in [2.24, 2.45) is 0 Å². The van der Waals surface area contributed by atoms with Crippen molar-refractivity contribution in [3.8, 4) is 22.8 Å². The van der Waals surface area contributed by atoms with Crippen molar-refractivity contribution in [1.29, 1.82) is 0 Å². The maximum Gasteiger partial charge on any atom is 0.213 e. The van der Waals surface area contributed by atoms with Crippen LogP contribution in [0.25, 0.3) is 22.2 Å². The van der Waals surface area contributed by atoms with Gasteiger partial charge in [0, 0.05) is 37.3 Å². The molecule has 0 radical (unpaired) electrons. The van der Waals surface area contributed by atoms with Gasteiger partial charge in [-0.15, -0.1) is 11.3 Å². The maximum atomic E-state index is 6.02. The number of benzene rings is 1. The number of anilines is 1. The summed E-state index contributed by atoms with van der Waals surface area (Å²) in [5, 5.41) is 3.13. The van der Waals surface area contributed by atoms with Crippen molar-refractivity contribution in [2.75, 3.05) is 26.1 Å². The molecule has 0 aliphatic rings. The molecule has 0 N–H and O–H groups in total. The predicted molar refractivity (Wildman–Crippen MR) is 138 cm³/mol. The highest BCUT2D eigenvalue weighted by molar-refractivity contribution is 7.09. The Morgan fingerprint density at radius 3 is 2.49 bits per heavy atom. The van der Waals surface area contributed by atoms with Crippen LogP contribution < -0.4 is 14.4 Å². The van der Waals surface area contributed by atoms with Crippen LogP contribution in [-0.2, 0) is 13.2 Å². The fraction of sp³-hybridized carbons (Fsp3) is 0.231. The summed E-state index contributed by atoms with van der Waals surface area (Å²) in [5.74, 6) is 2.94. The molecule has 1 aromatic carbocycles. The van der Waals surface area contributed by atoms with Crippen molar-refractivity contribution in [3.05, 3.63) is 76.8 Å². The van der Waals surface area contributed by atoms with E-state index in [1.54, 1.807) is 30.7 Å². The van der Waals surface area contributed by atoms with Crippen LogP contribution in [0.15, 0.2) is 60.2 Å². The lowest BCUT2D eigenvalue weighted by atomic mass is 10.1. The highest BCUT2D eigenvalue weighted by Gasteiger charge is 2.15. The number of nitrogens with zero attached hydrogens (tertiary/aromatic N) is 6. The molecule has 0 bridgehead atoms. The highest BCUT2D eigenvalue weighted by Crippen LogP contribution is 2.27. The summed E-state index contributed by atoms with van der Waals surface area (Å²) in [4.78, 5) is 20.3. The van der Waals surface area contributed by atoms with Crippen LogP contribution >= 0.6 is 11.3 Å². The summed E-state index contributed by atoms with van der Waals surface area (Å²) in [6.07, 6.45) is 3.56. The highest BCUT2D eigenvalue weighted by atomic mass is 32.1. The fourth-order valence-electron chi connectivity index (χ4n) is 3.82. The van der Waals surface area contributed by atoms with E-state index in [1.807, 2.05) is 50.3 Å². The Labute approximate surface area is 207 Å². The van der Waals surface area contributed by atoms with E-state index >= 15 is 0 Å². The topological polar surface area (TPSA) is 78.2 Å². The number of fused-ring (bicyclic) bond motifs is 1. The van der Waals surface area contributed by atoms with Crippen LogP contribution in [0.4, 0.5) is 5.82 Å². The molecule has 0 amide bonds. The van der Waals surface area contributed by atoms with Crippen LogP contribution in [0.5, 0.6) is 11.6 Å². The average Bonchev–Trinajstić information content (AvgIpc) is 3.45. The van der Waals surface area contributed by atoms with Gasteiger partial charge in [0.15, 0.2) is 0 Å². The van der Waals surface area contributed by atoms with Crippen molar-refractivity contribution in [1.82, 2.24) is 24.5 Å². The molecule has 0 spiro atoms. The SMILES string of the molecule is COc1ccc(OCc2nc3ccc(-c4ccc(N(C)C)nc4)cc3n2Cc2csc(C)n2)cn1. The zero-order valence-electron chi connectivity index (χ0n) is 20.1. The van der Waals surface area contributed by atoms with Gasteiger partial charge in [0.05, 0.1) is 41.6 Å². The van der Waals surface area contributed by atoms with Crippen molar-refractivity contribution in [2.45, 2.75) is 20.1 Å². The van der Waals surface area contributed by atoms with Gasteiger partial charge in [0.25, 0.3) is 0 Å². The van der Waals surface area contributed by atoms with E-state index < -0.39 is 0 Å². The minimum Gasteiger partial charge on any atom is -0.484 e. The largest absolute Gasteiger partial charge is 0.484 e. The van der Waals surface area contributed by atoms with Gasteiger partial charge in [-0.2, -0.15) is 0 Å². The molecular formula is C26H26N6O2S. The summed E-state index contributed by atoms with van der Waals surface area (Å²) in [6, 6.07) is 14.0. The number of aromatic nitrogens is 5. The summed E-state index contributed by atoms with van der Waals surface area (Å²) < 4.78 is 13.3. The molecule has 0 saturated carbocycles. The van der Waals surface area contributed by atoms with Crippen molar-refractivity contribution in [3.63, 3.8) is 0 Å². The van der Waals surface area contributed by atoms with Crippen molar-refractivity contribution >= 4 is 28.2 Å². The van der Waals surface area contributed by atoms with E-state index in [0.29, 0.717) is 24.8 Å². The second-order valence-corrected chi connectivity index (χ2v) is 9.36. The monoisotopic (exact) mass is 486 g/mol. The zero-order chi connectivity index (χ0) is 24.4. The smallest absolute Gasteiger partial charge is 0.213 e. The first-order valence-corrected chi connectivity index (χ1v) is 12.0. The molecular weight excluding hydrogens is 460 g/mol. The summed E-state index contributed by atoms with van der Waals surface area (Å²) >= 11 is 1.65. The van der Waals surface area contributed by atoms with Gasteiger partial charge in [-0.1, -0.05) is 6.07 Å². The van der Waals surface area contributed by atoms with Gasteiger partial charge >= 0.3 is 0 Å². The van der Waals surface area contributed by atoms with Crippen LogP contribution in [0, 0.1) is 6.92 Å². The maximum absolute atomic E-state index is 6.02. The van der Waals surface area contributed by atoms with Crippen molar-refractivity contribution < 1.29 is 9.47 Å². The second-order valence-electron chi connectivity index (χ2n) is 8.30. The van der Waals surface area contributed by atoms with Gasteiger partial charge in [-0.3, -0.25) is 0 Å². The van der Waals surface area contributed by atoms with Gasteiger partial charge in [0.1, 0.15) is 24.0 Å². The Bertz CT molecular complexity index is 1440. The lowest BCUT2D eigenvalue weighted by Gasteiger charge is -2.12. The van der Waals surface area contributed by atoms with Crippen LogP contribution in [0.2, 0.25) is 0 Å². The van der Waals surface area contributed by atoms with Crippen LogP contribution in [0.1, 0.15) is 16.5 Å². The molecule has 4 heterocycles. The van der Waals surface area contributed by atoms with Gasteiger partial charge in [-0.25, -0.2) is 19.9 Å². The molecule has 0 aliphatic carbocycles. The molecule has 5 rings (SSSR count). The number of thiazole rings is 1. The Morgan fingerprint density at radius 2 is 1.83 bits per heavy atom. The molecule has 5 aromatic rings. The average molecular weight is 487 g/mol. The fourth-order valence-corrected chi connectivity index (χ4v) is 4.43. The van der Waals surface area contributed by atoms with E-state index in [9.17, 15) is 0 Å². The summed E-state index contributed by atoms with van der Waals surface area (Å²) in [7, 11) is 5.56. The number of hydrogen-bond donors (Lipinski definition) is 0. The third kappa shape index (κ3) is 4.95. The molecule has 4 aromatic heterocycles. The van der Waals surface area contributed by atoms with E-state index in [4.69, 9.17) is 14.5 Å². The normalized spacial score (nSPS) is 11.1. The lowest BCUT2D eigenvalue weighted by Crippen LogP contribution is -2.10.